The van der Waals surface area contributed by atoms with Gasteiger partial charge in [-0.2, -0.15) is 0 Å². The van der Waals surface area contributed by atoms with Gasteiger partial charge in [0.25, 0.3) is 0 Å². The molecule has 2 aromatic heterocycles. The van der Waals surface area contributed by atoms with Crippen LogP contribution in [0.15, 0.2) is 71.6 Å². The van der Waals surface area contributed by atoms with Crippen LogP contribution in [-0.4, -0.2) is 55.9 Å². The van der Waals surface area contributed by atoms with E-state index < -0.39 is 15.9 Å². The van der Waals surface area contributed by atoms with Crippen molar-refractivity contribution < 1.29 is 17.9 Å². The molecule has 1 aliphatic carbocycles. The third-order valence-corrected chi connectivity index (χ3v) is 11.1. The number of rotatable bonds is 12. The number of anilines is 1. The molecule has 2 N–H and O–H groups in total. The molecule has 2 unspecified atom stereocenters. The van der Waals surface area contributed by atoms with Gasteiger partial charge in [0.2, 0.25) is 21.8 Å². The lowest BCUT2D eigenvalue weighted by molar-refractivity contribution is -0.118. The van der Waals surface area contributed by atoms with Gasteiger partial charge in [-0.25, -0.2) is 23.1 Å². The molecule has 0 radical (unpaired) electrons. The minimum Gasteiger partial charge on any atom is -0.481 e. The van der Waals surface area contributed by atoms with E-state index in [0.29, 0.717) is 40.2 Å². The van der Waals surface area contributed by atoms with Crippen molar-refractivity contribution in [3.05, 3.63) is 77.9 Å². The summed E-state index contributed by atoms with van der Waals surface area (Å²) in [7, 11) is -2.24. The molecular weight excluding hydrogens is 595 g/mol. The van der Waals surface area contributed by atoms with Gasteiger partial charge in [0.15, 0.2) is 5.13 Å². The van der Waals surface area contributed by atoms with Gasteiger partial charge in [0.1, 0.15) is 10.3 Å². The van der Waals surface area contributed by atoms with Crippen molar-refractivity contribution in [3.63, 3.8) is 0 Å². The van der Waals surface area contributed by atoms with Crippen LogP contribution in [0.2, 0.25) is 0 Å². The lowest BCUT2D eigenvalue weighted by Gasteiger charge is -2.25. The van der Waals surface area contributed by atoms with Gasteiger partial charge in [-0.1, -0.05) is 79.5 Å². The van der Waals surface area contributed by atoms with Crippen molar-refractivity contribution in [1.82, 2.24) is 19.6 Å². The number of benzene rings is 2. The number of carbonyl (C=O) groups excluding carboxylic acids is 1. The lowest BCUT2D eigenvalue weighted by Crippen LogP contribution is -2.37. The number of fused-ring (bicyclic) bond motifs is 1. The molecule has 44 heavy (non-hydrogen) atoms. The molecule has 1 aliphatic heterocycles. The van der Waals surface area contributed by atoms with Gasteiger partial charge in [0.05, 0.1) is 24.0 Å². The van der Waals surface area contributed by atoms with Gasteiger partial charge < -0.3 is 15.0 Å². The Bertz CT molecular complexity index is 1670. The van der Waals surface area contributed by atoms with Crippen LogP contribution < -0.4 is 14.8 Å². The highest BCUT2D eigenvalue weighted by atomic mass is 32.2. The van der Waals surface area contributed by atoms with E-state index in [4.69, 9.17) is 4.74 Å². The van der Waals surface area contributed by atoms with Crippen LogP contribution in [0.25, 0.3) is 10.3 Å². The third kappa shape index (κ3) is 7.28. The monoisotopic (exact) mass is 633 g/mol. The summed E-state index contributed by atoms with van der Waals surface area (Å²) in [5.41, 5.74) is 2.43. The molecule has 232 valence electrons. The zero-order chi connectivity index (χ0) is 30.5. The summed E-state index contributed by atoms with van der Waals surface area (Å²) < 4.78 is 35.4. The Morgan fingerprint density at radius 1 is 0.955 bits per heavy atom. The van der Waals surface area contributed by atoms with Gasteiger partial charge in [0, 0.05) is 12.6 Å². The summed E-state index contributed by atoms with van der Waals surface area (Å²) in [6.45, 7) is 2.58. The number of carbonyl (C=O) groups is 1. The van der Waals surface area contributed by atoms with E-state index in [1.54, 1.807) is 37.4 Å². The van der Waals surface area contributed by atoms with Crippen molar-refractivity contribution in [1.29, 1.82) is 0 Å². The summed E-state index contributed by atoms with van der Waals surface area (Å²) in [6, 6.07) is 19.8. The number of hydrogen-bond donors (Lipinski definition) is 2. The molecule has 0 bridgehead atoms. The Labute approximate surface area is 263 Å². The molecule has 4 aromatic rings. The zero-order valence-electron chi connectivity index (χ0n) is 24.9. The summed E-state index contributed by atoms with van der Waals surface area (Å²) in [5, 5.41) is 3.50. The van der Waals surface area contributed by atoms with E-state index in [2.05, 4.69) is 24.9 Å². The zero-order valence-corrected chi connectivity index (χ0v) is 26.6. The van der Waals surface area contributed by atoms with Crippen molar-refractivity contribution in [2.45, 2.75) is 61.8 Å². The highest BCUT2D eigenvalue weighted by Crippen LogP contribution is 2.36. The quantitative estimate of drug-likeness (QED) is 0.193. The first-order chi connectivity index (χ1) is 21.4. The summed E-state index contributed by atoms with van der Waals surface area (Å²) in [4.78, 5) is 25.9. The highest BCUT2D eigenvalue weighted by Gasteiger charge is 2.29. The van der Waals surface area contributed by atoms with Crippen LogP contribution in [0.1, 0.15) is 68.0 Å². The van der Waals surface area contributed by atoms with E-state index in [9.17, 15) is 13.2 Å². The van der Waals surface area contributed by atoms with Crippen LogP contribution in [0.5, 0.6) is 5.88 Å². The van der Waals surface area contributed by atoms with Crippen molar-refractivity contribution in [3.8, 4) is 5.88 Å². The van der Waals surface area contributed by atoms with E-state index in [-0.39, 0.29) is 16.8 Å². The van der Waals surface area contributed by atoms with E-state index in [1.165, 1.54) is 24.2 Å². The number of likely N-dealkylation sites (tertiary alicyclic amines) is 1. The number of nitrogens with zero attached hydrogens (tertiary/aromatic N) is 3. The molecule has 1 saturated heterocycles. The minimum atomic E-state index is -3.81. The van der Waals surface area contributed by atoms with Gasteiger partial charge in [-0.05, 0) is 67.6 Å². The standard InChI is InChI=1S/C33H39N5O4S2/c1-42-30-18-17-28-32(35-30)43-33(34-28)36-31(39)27(21-23-9-5-6-10-23)24-13-15-26(16-14-24)44(40,41)37-29(22-38-19-7-8-20-38)25-11-3-2-4-12-25/h2-4,11-18,23,27,29,37H,5-10,19-22H2,1H3,(H,34,36,39). The van der Waals surface area contributed by atoms with Crippen molar-refractivity contribution in [2.75, 3.05) is 32.1 Å². The van der Waals surface area contributed by atoms with Crippen LogP contribution in [0, 0.1) is 5.92 Å². The Morgan fingerprint density at radius 3 is 2.39 bits per heavy atom. The van der Waals surface area contributed by atoms with Crippen LogP contribution in [0.4, 0.5) is 5.13 Å². The minimum absolute atomic E-state index is 0.147. The number of sulfonamides is 1. The molecule has 2 aliphatic rings. The second kappa shape index (κ2) is 13.7. The Kier molecular flexibility index (Phi) is 9.56. The number of aromatic nitrogens is 2. The number of methoxy groups -OCH3 is 1. The summed E-state index contributed by atoms with van der Waals surface area (Å²) in [5.74, 6) is 0.374. The molecule has 2 aromatic carbocycles. The first-order valence-corrected chi connectivity index (χ1v) is 17.7. The smallest absolute Gasteiger partial charge is 0.241 e. The average molecular weight is 634 g/mol. The van der Waals surface area contributed by atoms with Crippen LogP contribution >= 0.6 is 11.3 Å². The first kappa shape index (κ1) is 30.6. The predicted molar refractivity (Wildman–Crippen MR) is 174 cm³/mol. The molecular formula is C33H39N5O4S2. The normalized spacial score (nSPS) is 17.6. The molecule has 0 spiro atoms. The Balaban J connectivity index is 1.21. The maximum atomic E-state index is 13.7. The van der Waals surface area contributed by atoms with Gasteiger partial charge in [-0.15, -0.1) is 0 Å². The fourth-order valence-electron chi connectivity index (χ4n) is 6.39. The molecule has 1 amide bonds. The maximum Gasteiger partial charge on any atom is 0.241 e. The second-order valence-corrected chi connectivity index (χ2v) is 14.5. The fourth-order valence-corrected chi connectivity index (χ4v) is 8.44. The molecule has 3 heterocycles. The van der Waals surface area contributed by atoms with Crippen LogP contribution in [0.3, 0.4) is 0 Å². The number of amides is 1. The molecule has 11 heteroatoms. The average Bonchev–Trinajstić information content (AvgIpc) is 3.82. The molecule has 2 atom stereocenters. The Hall–Kier alpha value is -3.38. The molecule has 1 saturated carbocycles. The summed E-state index contributed by atoms with van der Waals surface area (Å²) in [6.07, 6.45) is 7.53. The molecule has 6 rings (SSSR count). The van der Waals surface area contributed by atoms with E-state index in [0.717, 1.165) is 49.9 Å². The van der Waals surface area contributed by atoms with E-state index in [1.807, 2.05) is 36.4 Å². The van der Waals surface area contributed by atoms with Gasteiger partial charge >= 0.3 is 0 Å². The molecule has 2 fully saturated rings. The Morgan fingerprint density at radius 2 is 1.68 bits per heavy atom. The fraction of sp³-hybridized carbons (Fsp3) is 0.424. The highest BCUT2D eigenvalue weighted by molar-refractivity contribution is 7.89. The number of thiazole rings is 1. The number of nitrogens with one attached hydrogen (secondary N) is 2. The third-order valence-electron chi connectivity index (χ3n) is 8.76. The maximum absolute atomic E-state index is 13.7. The summed E-state index contributed by atoms with van der Waals surface area (Å²) >= 11 is 1.31. The largest absolute Gasteiger partial charge is 0.481 e. The van der Waals surface area contributed by atoms with Crippen molar-refractivity contribution in [2.24, 2.45) is 5.92 Å². The number of pyridine rings is 1. The predicted octanol–water partition coefficient (Wildman–Crippen LogP) is 6.12. The first-order valence-electron chi connectivity index (χ1n) is 15.4. The van der Waals surface area contributed by atoms with E-state index >= 15 is 0 Å². The van der Waals surface area contributed by atoms with Crippen molar-refractivity contribution >= 4 is 42.7 Å². The lowest BCUT2D eigenvalue weighted by atomic mass is 9.87. The number of ether oxygens (including phenoxy) is 1. The van der Waals surface area contributed by atoms with Crippen LogP contribution in [-0.2, 0) is 14.8 Å². The molecule has 9 nitrogen and oxygen atoms in total. The SMILES string of the molecule is COc1ccc2nc(NC(=O)C(CC3CCCC3)c3ccc(S(=O)(=O)NC(CN4CCCC4)c4ccccc4)cc3)sc2n1. The number of hydrogen-bond acceptors (Lipinski definition) is 8. The second-order valence-electron chi connectivity index (χ2n) is 11.8. The van der Waals surface area contributed by atoms with Gasteiger partial charge in [-0.3, -0.25) is 4.79 Å². The topological polar surface area (TPSA) is 114 Å².